The minimum Gasteiger partial charge on any atom is -0.486 e. The minimum atomic E-state index is -0.246. The maximum Gasteiger partial charge on any atom is 0.243 e. The van der Waals surface area contributed by atoms with Crippen LogP contribution in [0.25, 0.3) is 0 Å². The van der Waals surface area contributed by atoms with Gasteiger partial charge >= 0.3 is 0 Å². The molecule has 1 heterocycles. The van der Waals surface area contributed by atoms with Crippen molar-refractivity contribution in [2.45, 2.75) is 19.8 Å². The van der Waals surface area contributed by atoms with Gasteiger partial charge in [-0.1, -0.05) is 0 Å². The quantitative estimate of drug-likeness (QED) is 0.781. The van der Waals surface area contributed by atoms with Crippen LogP contribution in [0.3, 0.4) is 0 Å². The number of ether oxygens (including phenoxy) is 2. The summed E-state index contributed by atoms with van der Waals surface area (Å²) in [5.41, 5.74) is 6.02. The summed E-state index contributed by atoms with van der Waals surface area (Å²) in [6.45, 7) is 3.83. The number of nitrogens with zero attached hydrogens (tertiary/aromatic N) is 1. The van der Waals surface area contributed by atoms with Crippen molar-refractivity contribution in [3.63, 3.8) is 0 Å². The smallest absolute Gasteiger partial charge is 0.243 e. The first kappa shape index (κ1) is 17.1. The topological polar surface area (TPSA) is 93.9 Å². The monoisotopic (exact) mass is 321 g/mol. The van der Waals surface area contributed by atoms with E-state index in [1.54, 1.807) is 18.2 Å². The molecule has 0 bridgehead atoms. The van der Waals surface area contributed by atoms with Crippen molar-refractivity contribution in [1.82, 2.24) is 4.90 Å². The second-order valence-corrected chi connectivity index (χ2v) is 5.21. The summed E-state index contributed by atoms with van der Waals surface area (Å²) < 4.78 is 10.9. The van der Waals surface area contributed by atoms with Crippen molar-refractivity contribution in [3.8, 4) is 11.5 Å². The second kappa shape index (κ2) is 8.38. The first-order valence-electron chi connectivity index (χ1n) is 7.81. The van der Waals surface area contributed by atoms with Crippen molar-refractivity contribution >= 4 is 17.5 Å². The SMILES string of the molecule is CCN(CC(=O)Nc1ccc2c(c1)OCCO2)C(=O)CCCN. The van der Waals surface area contributed by atoms with Crippen molar-refractivity contribution in [1.29, 1.82) is 0 Å². The number of carbonyl (C=O) groups is 2. The summed E-state index contributed by atoms with van der Waals surface area (Å²) in [5.74, 6) is 0.974. The Hall–Kier alpha value is -2.28. The molecule has 1 aromatic rings. The van der Waals surface area contributed by atoms with E-state index in [-0.39, 0.29) is 18.4 Å². The maximum atomic E-state index is 12.1. The highest BCUT2D eigenvalue weighted by Gasteiger charge is 2.16. The molecule has 1 aliphatic rings. The van der Waals surface area contributed by atoms with Crippen LogP contribution >= 0.6 is 0 Å². The summed E-state index contributed by atoms with van der Waals surface area (Å²) in [5, 5.41) is 2.77. The van der Waals surface area contributed by atoms with Crippen molar-refractivity contribution in [3.05, 3.63) is 18.2 Å². The van der Waals surface area contributed by atoms with Gasteiger partial charge in [0, 0.05) is 24.7 Å². The van der Waals surface area contributed by atoms with Crippen LogP contribution in [-0.4, -0.2) is 49.6 Å². The van der Waals surface area contributed by atoms with Gasteiger partial charge in [-0.3, -0.25) is 9.59 Å². The number of hydrogen-bond donors (Lipinski definition) is 2. The lowest BCUT2D eigenvalue weighted by Crippen LogP contribution is -2.38. The van der Waals surface area contributed by atoms with Crippen LogP contribution in [0.4, 0.5) is 5.69 Å². The third-order valence-corrected chi connectivity index (χ3v) is 3.49. The van der Waals surface area contributed by atoms with Crippen LogP contribution < -0.4 is 20.5 Å². The average molecular weight is 321 g/mol. The molecule has 126 valence electrons. The lowest BCUT2D eigenvalue weighted by molar-refractivity contribution is -0.134. The number of rotatable bonds is 7. The van der Waals surface area contributed by atoms with Crippen LogP contribution in [0, 0.1) is 0 Å². The van der Waals surface area contributed by atoms with Gasteiger partial charge in [0.25, 0.3) is 0 Å². The van der Waals surface area contributed by atoms with Crippen LogP contribution in [0.15, 0.2) is 18.2 Å². The Morgan fingerprint density at radius 2 is 2.00 bits per heavy atom. The molecule has 0 aliphatic carbocycles. The third-order valence-electron chi connectivity index (χ3n) is 3.49. The van der Waals surface area contributed by atoms with E-state index < -0.39 is 0 Å². The Balaban J connectivity index is 1.91. The Labute approximate surface area is 135 Å². The van der Waals surface area contributed by atoms with Gasteiger partial charge in [-0.15, -0.1) is 0 Å². The molecule has 0 atom stereocenters. The van der Waals surface area contributed by atoms with Gasteiger partial charge in [-0.05, 0) is 32.0 Å². The molecule has 0 fully saturated rings. The fraction of sp³-hybridized carbons (Fsp3) is 0.500. The van der Waals surface area contributed by atoms with Crippen LogP contribution in [0.1, 0.15) is 19.8 Å². The third kappa shape index (κ3) is 4.85. The zero-order chi connectivity index (χ0) is 16.7. The van der Waals surface area contributed by atoms with E-state index >= 15 is 0 Å². The summed E-state index contributed by atoms with van der Waals surface area (Å²) in [6.07, 6.45) is 0.987. The highest BCUT2D eigenvalue weighted by molar-refractivity contribution is 5.94. The van der Waals surface area contributed by atoms with Gasteiger partial charge in [0.2, 0.25) is 11.8 Å². The number of benzene rings is 1. The van der Waals surface area contributed by atoms with E-state index in [2.05, 4.69) is 5.32 Å². The van der Waals surface area contributed by atoms with Crippen LogP contribution in [-0.2, 0) is 9.59 Å². The van der Waals surface area contributed by atoms with Crippen molar-refractivity contribution in [2.75, 3.05) is 38.2 Å². The number of anilines is 1. The molecule has 0 aromatic heterocycles. The molecule has 2 rings (SSSR count). The number of nitrogens with two attached hydrogens (primary N) is 1. The van der Waals surface area contributed by atoms with E-state index in [4.69, 9.17) is 15.2 Å². The highest BCUT2D eigenvalue weighted by Crippen LogP contribution is 2.32. The molecule has 2 amide bonds. The fourth-order valence-electron chi connectivity index (χ4n) is 2.28. The number of fused-ring (bicyclic) bond motifs is 1. The summed E-state index contributed by atoms with van der Waals surface area (Å²) in [4.78, 5) is 25.6. The lowest BCUT2D eigenvalue weighted by Gasteiger charge is -2.21. The molecule has 0 unspecified atom stereocenters. The van der Waals surface area contributed by atoms with Crippen LogP contribution in [0.5, 0.6) is 11.5 Å². The second-order valence-electron chi connectivity index (χ2n) is 5.21. The zero-order valence-corrected chi connectivity index (χ0v) is 13.3. The van der Waals surface area contributed by atoms with E-state index in [1.165, 1.54) is 4.90 Å². The van der Waals surface area contributed by atoms with Gasteiger partial charge in [-0.2, -0.15) is 0 Å². The summed E-state index contributed by atoms with van der Waals surface area (Å²) >= 11 is 0. The molecule has 0 saturated carbocycles. The molecular weight excluding hydrogens is 298 g/mol. The molecular formula is C16H23N3O4. The molecule has 23 heavy (non-hydrogen) atoms. The molecule has 3 N–H and O–H groups in total. The maximum absolute atomic E-state index is 12.1. The Kier molecular flexibility index (Phi) is 6.22. The molecule has 0 saturated heterocycles. The van der Waals surface area contributed by atoms with E-state index in [9.17, 15) is 9.59 Å². The summed E-state index contributed by atoms with van der Waals surface area (Å²) in [6, 6.07) is 5.23. The molecule has 0 spiro atoms. The van der Waals surface area contributed by atoms with Gasteiger partial charge in [0.15, 0.2) is 11.5 Å². The molecule has 1 aliphatic heterocycles. The zero-order valence-electron chi connectivity index (χ0n) is 13.3. The number of nitrogens with one attached hydrogen (secondary N) is 1. The van der Waals surface area contributed by atoms with Crippen molar-refractivity contribution in [2.24, 2.45) is 5.73 Å². The minimum absolute atomic E-state index is 0.0222. The number of hydrogen-bond acceptors (Lipinski definition) is 5. The van der Waals surface area contributed by atoms with E-state index in [0.29, 0.717) is 56.3 Å². The standard InChI is InChI=1S/C16H23N3O4/c1-2-19(16(21)4-3-7-17)11-15(20)18-12-5-6-13-14(10-12)23-9-8-22-13/h5-6,10H,2-4,7-9,11,17H2,1H3,(H,18,20). The molecule has 7 nitrogen and oxygen atoms in total. The predicted octanol–water partition coefficient (Wildman–Crippen LogP) is 0.984. The summed E-state index contributed by atoms with van der Waals surface area (Å²) in [7, 11) is 0. The van der Waals surface area contributed by atoms with E-state index in [1.807, 2.05) is 6.92 Å². The normalized spacial score (nSPS) is 12.6. The number of carbonyl (C=O) groups excluding carboxylic acids is 2. The molecule has 0 radical (unpaired) electrons. The first-order valence-corrected chi connectivity index (χ1v) is 7.81. The Morgan fingerprint density at radius 3 is 2.70 bits per heavy atom. The van der Waals surface area contributed by atoms with Gasteiger partial charge in [-0.25, -0.2) is 0 Å². The van der Waals surface area contributed by atoms with Gasteiger partial charge < -0.3 is 25.4 Å². The fourth-order valence-corrected chi connectivity index (χ4v) is 2.28. The molecule has 7 heteroatoms. The number of likely N-dealkylation sites (N-methyl/N-ethyl adjacent to an activating group) is 1. The number of amides is 2. The molecule has 1 aromatic carbocycles. The lowest BCUT2D eigenvalue weighted by atomic mass is 10.2. The first-order chi connectivity index (χ1) is 11.1. The van der Waals surface area contributed by atoms with E-state index in [0.717, 1.165) is 0 Å². The van der Waals surface area contributed by atoms with Crippen LogP contribution in [0.2, 0.25) is 0 Å². The highest BCUT2D eigenvalue weighted by atomic mass is 16.6. The van der Waals surface area contributed by atoms with Gasteiger partial charge in [0.1, 0.15) is 13.2 Å². The largest absolute Gasteiger partial charge is 0.486 e. The van der Waals surface area contributed by atoms with Crippen molar-refractivity contribution < 1.29 is 19.1 Å². The van der Waals surface area contributed by atoms with Gasteiger partial charge in [0.05, 0.1) is 6.54 Å². The Morgan fingerprint density at radius 1 is 1.26 bits per heavy atom. The Bertz CT molecular complexity index is 562. The average Bonchev–Trinajstić information content (AvgIpc) is 2.57. The predicted molar refractivity (Wildman–Crippen MR) is 86.6 cm³/mol.